The topological polar surface area (TPSA) is 97.9 Å². The standard InChI is InChI=1S/C25H32N6O3/c1-18-6-7-20(19(2)15-18)28-23(32)16-21-25(34)27-9-10-31(21)24(33)17-29-11-13-30(14-12-29)22-5-3-4-8-26-22/h3-8,15,21H,9-14,16-17H2,1-2H3,(H,27,34)(H,28,32). The summed E-state index contributed by atoms with van der Waals surface area (Å²) in [6.07, 6.45) is 1.71. The fourth-order valence-electron chi connectivity index (χ4n) is 4.50. The first kappa shape index (κ1) is 23.7. The maximum Gasteiger partial charge on any atom is 0.243 e. The molecule has 4 rings (SSSR count). The van der Waals surface area contributed by atoms with Gasteiger partial charge >= 0.3 is 0 Å². The Labute approximate surface area is 200 Å². The van der Waals surface area contributed by atoms with E-state index in [4.69, 9.17) is 0 Å². The number of piperazine rings is 2. The zero-order valence-corrected chi connectivity index (χ0v) is 19.8. The van der Waals surface area contributed by atoms with Gasteiger partial charge in [-0.25, -0.2) is 4.98 Å². The number of hydrogen-bond donors (Lipinski definition) is 2. The lowest BCUT2D eigenvalue weighted by Crippen LogP contribution is -2.60. The lowest BCUT2D eigenvalue weighted by Gasteiger charge is -2.38. The van der Waals surface area contributed by atoms with E-state index in [0.29, 0.717) is 13.1 Å². The van der Waals surface area contributed by atoms with E-state index in [2.05, 4.69) is 25.4 Å². The number of anilines is 2. The van der Waals surface area contributed by atoms with Gasteiger partial charge in [-0.05, 0) is 37.6 Å². The third-order valence-electron chi connectivity index (χ3n) is 6.39. The maximum atomic E-state index is 13.2. The number of carbonyl (C=O) groups is 3. The number of nitrogens with zero attached hydrogens (tertiary/aromatic N) is 4. The summed E-state index contributed by atoms with van der Waals surface area (Å²) in [5, 5.41) is 5.68. The summed E-state index contributed by atoms with van der Waals surface area (Å²) in [5.41, 5.74) is 2.79. The molecule has 0 aliphatic carbocycles. The van der Waals surface area contributed by atoms with Crippen LogP contribution in [0, 0.1) is 13.8 Å². The molecule has 1 atom stereocenters. The van der Waals surface area contributed by atoms with Gasteiger partial charge in [-0.15, -0.1) is 0 Å². The first-order valence-electron chi connectivity index (χ1n) is 11.7. The van der Waals surface area contributed by atoms with Crippen LogP contribution in [0.1, 0.15) is 17.5 Å². The Morgan fingerprint density at radius 3 is 2.59 bits per heavy atom. The molecular formula is C25H32N6O3. The van der Waals surface area contributed by atoms with Crippen LogP contribution < -0.4 is 15.5 Å². The van der Waals surface area contributed by atoms with Crippen molar-refractivity contribution < 1.29 is 14.4 Å². The molecule has 2 fully saturated rings. The number of pyridine rings is 1. The summed E-state index contributed by atoms with van der Waals surface area (Å²) in [6.45, 7) is 8.00. The van der Waals surface area contributed by atoms with Gasteiger partial charge in [0.25, 0.3) is 0 Å². The molecule has 0 bridgehead atoms. The molecule has 1 aromatic carbocycles. The number of aromatic nitrogens is 1. The highest BCUT2D eigenvalue weighted by Crippen LogP contribution is 2.18. The number of benzene rings is 1. The second-order valence-corrected chi connectivity index (χ2v) is 8.92. The van der Waals surface area contributed by atoms with Crippen molar-refractivity contribution in [3.8, 4) is 0 Å². The van der Waals surface area contributed by atoms with Crippen molar-refractivity contribution in [2.24, 2.45) is 0 Å². The Kier molecular flexibility index (Phi) is 7.42. The van der Waals surface area contributed by atoms with Crippen LogP contribution in [0.25, 0.3) is 0 Å². The molecule has 3 amide bonds. The molecule has 9 heteroatoms. The molecule has 0 saturated carbocycles. The number of nitrogens with one attached hydrogen (secondary N) is 2. The van der Waals surface area contributed by atoms with Crippen LogP contribution in [0.2, 0.25) is 0 Å². The van der Waals surface area contributed by atoms with Crippen LogP contribution in [0.15, 0.2) is 42.6 Å². The van der Waals surface area contributed by atoms with Gasteiger partial charge in [-0.2, -0.15) is 0 Å². The van der Waals surface area contributed by atoms with E-state index in [-0.39, 0.29) is 30.7 Å². The van der Waals surface area contributed by atoms with Crippen molar-refractivity contribution in [2.45, 2.75) is 26.3 Å². The largest absolute Gasteiger partial charge is 0.354 e. The summed E-state index contributed by atoms with van der Waals surface area (Å²) >= 11 is 0. The van der Waals surface area contributed by atoms with Gasteiger partial charge in [0.2, 0.25) is 17.7 Å². The molecule has 0 radical (unpaired) electrons. The Balaban J connectivity index is 1.33. The third-order valence-corrected chi connectivity index (χ3v) is 6.39. The van der Waals surface area contributed by atoms with Crippen LogP contribution in [-0.4, -0.2) is 84.4 Å². The first-order chi connectivity index (χ1) is 16.4. The molecule has 2 aliphatic rings. The molecule has 2 aromatic rings. The van der Waals surface area contributed by atoms with E-state index in [0.717, 1.165) is 48.8 Å². The summed E-state index contributed by atoms with van der Waals surface area (Å²) in [7, 11) is 0. The molecule has 2 aliphatic heterocycles. The Morgan fingerprint density at radius 1 is 1.09 bits per heavy atom. The van der Waals surface area contributed by atoms with Gasteiger partial charge < -0.3 is 20.4 Å². The Bertz CT molecular complexity index is 1040. The zero-order chi connectivity index (χ0) is 24.1. The van der Waals surface area contributed by atoms with E-state index in [1.165, 1.54) is 0 Å². The van der Waals surface area contributed by atoms with Crippen molar-refractivity contribution in [1.82, 2.24) is 20.1 Å². The predicted molar refractivity (Wildman–Crippen MR) is 131 cm³/mol. The molecule has 2 saturated heterocycles. The highest BCUT2D eigenvalue weighted by molar-refractivity contribution is 5.98. The monoisotopic (exact) mass is 464 g/mol. The summed E-state index contributed by atoms with van der Waals surface area (Å²) < 4.78 is 0. The number of carbonyl (C=O) groups excluding carboxylic acids is 3. The molecule has 180 valence electrons. The minimum Gasteiger partial charge on any atom is -0.354 e. The van der Waals surface area contributed by atoms with Gasteiger partial charge in [0, 0.05) is 51.2 Å². The van der Waals surface area contributed by atoms with Crippen molar-refractivity contribution in [3.63, 3.8) is 0 Å². The van der Waals surface area contributed by atoms with Crippen LogP contribution >= 0.6 is 0 Å². The van der Waals surface area contributed by atoms with Gasteiger partial charge in [-0.1, -0.05) is 23.8 Å². The minimum absolute atomic E-state index is 0.0711. The molecule has 2 N–H and O–H groups in total. The normalized spacial score (nSPS) is 19.0. The van der Waals surface area contributed by atoms with Crippen LogP contribution in [0.3, 0.4) is 0 Å². The molecule has 34 heavy (non-hydrogen) atoms. The van der Waals surface area contributed by atoms with E-state index in [1.54, 1.807) is 11.1 Å². The first-order valence-corrected chi connectivity index (χ1v) is 11.7. The maximum absolute atomic E-state index is 13.2. The SMILES string of the molecule is Cc1ccc(NC(=O)CC2C(=O)NCCN2C(=O)CN2CCN(c3ccccn3)CC2)c(C)c1. The van der Waals surface area contributed by atoms with E-state index >= 15 is 0 Å². The lowest BCUT2D eigenvalue weighted by molar-refractivity contribution is -0.145. The van der Waals surface area contributed by atoms with Gasteiger partial charge in [0.05, 0.1) is 13.0 Å². The van der Waals surface area contributed by atoms with Crippen molar-refractivity contribution >= 4 is 29.2 Å². The highest BCUT2D eigenvalue weighted by Gasteiger charge is 2.35. The molecular weight excluding hydrogens is 432 g/mol. The summed E-state index contributed by atoms with van der Waals surface area (Å²) in [4.78, 5) is 48.7. The molecule has 3 heterocycles. The second-order valence-electron chi connectivity index (χ2n) is 8.92. The smallest absolute Gasteiger partial charge is 0.243 e. The summed E-state index contributed by atoms with van der Waals surface area (Å²) in [6, 6.07) is 10.8. The molecule has 9 nitrogen and oxygen atoms in total. The van der Waals surface area contributed by atoms with Crippen molar-refractivity contribution in [3.05, 3.63) is 53.7 Å². The fraction of sp³-hybridized carbons (Fsp3) is 0.440. The zero-order valence-electron chi connectivity index (χ0n) is 19.8. The number of aryl methyl sites for hydroxylation is 2. The van der Waals surface area contributed by atoms with Crippen molar-refractivity contribution in [2.75, 3.05) is 56.0 Å². The molecule has 1 aromatic heterocycles. The second kappa shape index (κ2) is 10.6. The Morgan fingerprint density at radius 2 is 1.88 bits per heavy atom. The number of rotatable bonds is 6. The predicted octanol–water partition coefficient (Wildman–Crippen LogP) is 1.18. The molecule has 0 spiro atoms. The highest BCUT2D eigenvalue weighted by atomic mass is 16.2. The van der Waals surface area contributed by atoms with Crippen LogP contribution in [-0.2, 0) is 14.4 Å². The average Bonchev–Trinajstić information content (AvgIpc) is 2.83. The molecule has 1 unspecified atom stereocenters. The van der Waals surface area contributed by atoms with E-state index in [1.807, 2.05) is 50.2 Å². The Hall–Kier alpha value is -3.46. The van der Waals surface area contributed by atoms with Gasteiger partial charge in [0.1, 0.15) is 11.9 Å². The number of hydrogen-bond acceptors (Lipinski definition) is 6. The van der Waals surface area contributed by atoms with E-state index < -0.39 is 6.04 Å². The van der Waals surface area contributed by atoms with Gasteiger partial charge in [0.15, 0.2) is 0 Å². The third kappa shape index (κ3) is 5.72. The van der Waals surface area contributed by atoms with Crippen LogP contribution in [0.5, 0.6) is 0 Å². The van der Waals surface area contributed by atoms with Crippen molar-refractivity contribution in [1.29, 1.82) is 0 Å². The summed E-state index contributed by atoms with van der Waals surface area (Å²) in [5.74, 6) is 0.257. The fourth-order valence-corrected chi connectivity index (χ4v) is 4.50. The lowest BCUT2D eigenvalue weighted by atomic mass is 10.1. The number of amides is 3. The average molecular weight is 465 g/mol. The van der Waals surface area contributed by atoms with Crippen LogP contribution in [0.4, 0.5) is 11.5 Å². The quantitative estimate of drug-likeness (QED) is 0.666. The minimum atomic E-state index is -0.804. The van der Waals surface area contributed by atoms with E-state index in [9.17, 15) is 14.4 Å². The van der Waals surface area contributed by atoms with Gasteiger partial charge in [-0.3, -0.25) is 19.3 Å².